The van der Waals surface area contributed by atoms with Crippen molar-refractivity contribution in [2.45, 2.75) is 25.8 Å². The molecule has 1 amide bonds. The highest BCUT2D eigenvalue weighted by atomic mass is 16.2. The van der Waals surface area contributed by atoms with E-state index in [1.807, 2.05) is 66.4 Å². The Hall–Kier alpha value is -2.46. The Morgan fingerprint density at radius 1 is 1.00 bits per heavy atom. The van der Waals surface area contributed by atoms with Gasteiger partial charge in [0.25, 0.3) is 0 Å². The van der Waals surface area contributed by atoms with Crippen LogP contribution < -0.4 is 5.32 Å². The molecule has 1 aliphatic rings. The summed E-state index contributed by atoms with van der Waals surface area (Å²) in [5, 5.41) is 3.27. The number of amides is 1. The number of carbonyl (C=O) groups is 2. The third kappa shape index (κ3) is 4.34. The number of benzene rings is 2. The maximum atomic E-state index is 12.4. The van der Waals surface area contributed by atoms with E-state index in [4.69, 9.17) is 0 Å². The molecule has 0 radical (unpaired) electrons. The van der Waals surface area contributed by atoms with E-state index in [2.05, 4.69) is 5.32 Å². The van der Waals surface area contributed by atoms with E-state index in [1.165, 1.54) is 0 Å². The summed E-state index contributed by atoms with van der Waals surface area (Å²) in [6, 6.07) is 17.9. The first-order valence-electron chi connectivity index (χ1n) is 8.84. The van der Waals surface area contributed by atoms with Crippen LogP contribution in [-0.2, 0) is 4.79 Å². The molecule has 3 rings (SSSR count). The van der Waals surface area contributed by atoms with Gasteiger partial charge in [-0.3, -0.25) is 9.59 Å². The number of Topliss-reactive ketones (excluding diaryl/α,β-unsaturated/α-hetero) is 1. The van der Waals surface area contributed by atoms with Crippen molar-refractivity contribution in [2.75, 3.05) is 19.6 Å². The van der Waals surface area contributed by atoms with Crippen LogP contribution in [0.4, 0.5) is 0 Å². The molecule has 130 valence electrons. The molecule has 0 spiro atoms. The van der Waals surface area contributed by atoms with Crippen LogP contribution in [0.2, 0.25) is 0 Å². The Kier molecular flexibility index (Phi) is 5.61. The Morgan fingerprint density at radius 3 is 2.36 bits per heavy atom. The largest absolute Gasteiger partial charge is 0.337 e. The van der Waals surface area contributed by atoms with Gasteiger partial charge in [0.1, 0.15) is 0 Å². The molecule has 4 nitrogen and oxygen atoms in total. The molecule has 1 atom stereocenters. The summed E-state index contributed by atoms with van der Waals surface area (Å²) < 4.78 is 0. The molecule has 2 aromatic rings. The second-order valence-electron chi connectivity index (χ2n) is 6.51. The molecule has 1 aliphatic heterocycles. The van der Waals surface area contributed by atoms with Crippen LogP contribution in [0, 0.1) is 0 Å². The molecular formula is C21H24N2O2. The summed E-state index contributed by atoms with van der Waals surface area (Å²) in [5.41, 5.74) is 2.88. The number of nitrogens with zero attached hydrogens (tertiary/aromatic N) is 1. The molecule has 1 N–H and O–H groups in total. The number of carbonyl (C=O) groups excluding carboxylic acids is 2. The minimum absolute atomic E-state index is 0.0238. The Balaban J connectivity index is 1.57. The van der Waals surface area contributed by atoms with Crippen LogP contribution in [0.1, 0.15) is 30.1 Å². The molecule has 1 fully saturated rings. The van der Waals surface area contributed by atoms with Crippen molar-refractivity contribution in [1.29, 1.82) is 0 Å². The first-order chi connectivity index (χ1) is 12.1. The lowest BCUT2D eigenvalue weighted by Gasteiger charge is -2.34. The molecule has 25 heavy (non-hydrogen) atoms. The molecule has 0 unspecified atom stereocenters. The minimum atomic E-state index is 0.0238. The van der Waals surface area contributed by atoms with Gasteiger partial charge in [-0.1, -0.05) is 54.6 Å². The van der Waals surface area contributed by atoms with Gasteiger partial charge in [0, 0.05) is 44.1 Å². The van der Waals surface area contributed by atoms with E-state index in [1.54, 1.807) is 0 Å². The van der Waals surface area contributed by atoms with Crippen molar-refractivity contribution >= 4 is 11.7 Å². The van der Waals surface area contributed by atoms with Gasteiger partial charge in [0.05, 0.1) is 0 Å². The Morgan fingerprint density at radius 2 is 1.68 bits per heavy atom. The summed E-state index contributed by atoms with van der Waals surface area (Å²) in [4.78, 5) is 26.6. The van der Waals surface area contributed by atoms with Crippen molar-refractivity contribution in [3.8, 4) is 11.1 Å². The van der Waals surface area contributed by atoms with Crippen molar-refractivity contribution in [3.63, 3.8) is 0 Å². The number of hydrogen-bond acceptors (Lipinski definition) is 3. The van der Waals surface area contributed by atoms with Crippen molar-refractivity contribution in [3.05, 3.63) is 60.2 Å². The van der Waals surface area contributed by atoms with Gasteiger partial charge in [0.15, 0.2) is 5.78 Å². The predicted molar refractivity (Wildman–Crippen MR) is 99.5 cm³/mol. The molecule has 0 aromatic heterocycles. The fraction of sp³-hybridized carbons (Fsp3) is 0.333. The van der Waals surface area contributed by atoms with Gasteiger partial charge in [-0.2, -0.15) is 0 Å². The zero-order chi connectivity index (χ0) is 17.6. The van der Waals surface area contributed by atoms with Gasteiger partial charge in [-0.25, -0.2) is 0 Å². The van der Waals surface area contributed by atoms with E-state index < -0.39 is 0 Å². The number of nitrogens with one attached hydrogen (secondary N) is 1. The van der Waals surface area contributed by atoms with Crippen LogP contribution in [0.3, 0.4) is 0 Å². The average molecular weight is 336 g/mol. The molecule has 0 aliphatic carbocycles. The van der Waals surface area contributed by atoms with Gasteiger partial charge in [-0.15, -0.1) is 0 Å². The van der Waals surface area contributed by atoms with Crippen LogP contribution in [-0.4, -0.2) is 42.3 Å². The lowest BCUT2D eigenvalue weighted by atomic mass is 10.0. The van der Waals surface area contributed by atoms with Crippen molar-refractivity contribution in [1.82, 2.24) is 10.2 Å². The molecule has 4 heteroatoms. The van der Waals surface area contributed by atoms with Gasteiger partial charge < -0.3 is 10.2 Å². The van der Waals surface area contributed by atoms with Crippen molar-refractivity contribution in [2.24, 2.45) is 0 Å². The van der Waals surface area contributed by atoms with Gasteiger partial charge in [-0.05, 0) is 18.1 Å². The first kappa shape index (κ1) is 17.4. The summed E-state index contributed by atoms with van der Waals surface area (Å²) in [7, 11) is 0. The second-order valence-corrected chi connectivity index (χ2v) is 6.51. The lowest BCUT2D eigenvalue weighted by molar-refractivity contribution is -0.133. The first-order valence-corrected chi connectivity index (χ1v) is 8.84. The fourth-order valence-corrected chi connectivity index (χ4v) is 3.20. The smallest absolute Gasteiger partial charge is 0.223 e. The minimum Gasteiger partial charge on any atom is -0.337 e. The zero-order valence-electron chi connectivity index (χ0n) is 14.6. The number of rotatable bonds is 5. The zero-order valence-corrected chi connectivity index (χ0v) is 14.6. The summed E-state index contributed by atoms with van der Waals surface area (Å²) >= 11 is 0. The maximum Gasteiger partial charge on any atom is 0.223 e. The number of piperazine rings is 1. The van der Waals surface area contributed by atoms with E-state index in [0.29, 0.717) is 5.56 Å². The van der Waals surface area contributed by atoms with Crippen LogP contribution in [0.15, 0.2) is 54.6 Å². The van der Waals surface area contributed by atoms with E-state index in [9.17, 15) is 9.59 Å². The quantitative estimate of drug-likeness (QED) is 0.854. The highest BCUT2D eigenvalue weighted by molar-refractivity contribution is 5.98. The topological polar surface area (TPSA) is 49.4 Å². The Bertz CT molecular complexity index is 725. The third-order valence-corrected chi connectivity index (χ3v) is 4.70. The van der Waals surface area contributed by atoms with Crippen LogP contribution in [0.5, 0.6) is 0 Å². The molecular weight excluding hydrogens is 312 g/mol. The van der Waals surface area contributed by atoms with Crippen LogP contribution in [0.25, 0.3) is 11.1 Å². The third-order valence-electron chi connectivity index (χ3n) is 4.70. The van der Waals surface area contributed by atoms with Crippen molar-refractivity contribution < 1.29 is 9.59 Å². The summed E-state index contributed by atoms with van der Waals surface area (Å²) in [6.45, 7) is 4.40. The SMILES string of the molecule is C[C@@H]1CNCCN1C(=O)CCC(=O)c1ccc(-c2ccccc2)cc1. The normalized spacial score (nSPS) is 17.3. The molecule has 2 aromatic carbocycles. The summed E-state index contributed by atoms with van der Waals surface area (Å²) in [5.74, 6) is 0.0963. The van der Waals surface area contributed by atoms with Gasteiger partial charge >= 0.3 is 0 Å². The number of hydrogen-bond donors (Lipinski definition) is 1. The molecule has 1 saturated heterocycles. The number of ketones is 1. The maximum absolute atomic E-state index is 12.4. The van der Waals surface area contributed by atoms with E-state index >= 15 is 0 Å². The fourth-order valence-electron chi connectivity index (χ4n) is 3.20. The highest BCUT2D eigenvalue weighted by Crippen LogP contribution is 2.20. The average Bonchev–Trinajstić information content (AvgIpc) is 2.67. The molecule has 0 bridgehead atoms. The molecule has 1 heterocycles. The van der Waals surface area contributed by atoms with E-state index in [0.717, 1.165) is 30.8 Å². The molecule has 0 saturated carbocycles. The highest BCUT2D eigenvalue weighted by Gasteiger charge is 2.23. The lowest BCUT2D eigenvalue weighted by Crippen LogP contribution is -2.52. The monoisotopic (exact) mass is 336 g/mol. The second kappa shape index (κ2) is 8.08. The standard InChI is InChI=1S/C21H24N2O2/c1-16-15-22-13-14-23(16)21(25)12-11-20(24)19-9-7-18(8-10-19)17-5-3-2-4-6-17/h2-10,16,22H,11-15H2,1H3/t16-/m1/s1. The summed E-state index contributed by atoms with van der Waals surface area (Å²) in [6.07, 6.45) is 0.545. The Labute approximate surface area is 148 Å². The van der Waals surface area contributed by atoms with Crippen LogP contribution >= 0.6 is 0 Å². The van der Waals surface area contributed by atoms with E-state index in [-0.39, 0.29) is 30.6 Å². The predicted octanol–water partition coefficient (Wildman–Crippen LogP) is 3.14. The van der Waals surface area contributed by atoms with Gasteiger partial charge in [0.2, 0.25) is 5.91 Å².